The van der Waals surface area contributed by atoms with Crippen molar-refractivity contribution in [2.24, 2.45) is 0 Å². The van der Waals surface area contributed by atoms with Crippen LogP contribution in [0, 0.1) is 6.92 Å². The third kappa shape index (κ3) is 3.25. The van der Waals surface area contributed by atoms with Gasteiger partial charge in [-0.15, -0.1) is 11.3 Å². The van der Waals surface area contributed by atoms with Crippen molar-refractivity contribution in [2.75, 3.05) is 13.1 Å². The van der Waals surface area contributed by atoms with Crippen LogP contribution in [0.15, 0.2) is 10.6 Å². The Morgan fingerprint density at radius 1 is 1.20 bits per heavy atom. The molecule has 0 N–H and O–H groups in total. The van der Waals surface area contributed by atoms with Gasteiger partial charge in [0.25, 0.3) is 5.91 Å². The summed E-state index contributed by atoms with van der Waals surface area (Å²) in [5.41, 5.74) is 1.24. The summed E-state index contributed by atoms with van der Waals surface area (Å²) in [6.07, 6.45) is 3.99. The molecule has 2 aromatic rings. The Morgan fingerprint density at radius 2 is 1.92 bits per heavy atom. The molecule has 0 aromatic carbocycles. The van der Waals surface area contributed by atoms with Crippen LogP contribution in [0.5, 0.6) is 0 Å². The molecular weight excluding hydrogens is 338 g/mol. The molecule has 4 rings (SSSR count). The van der Waals surface area contributed by atoms with Crippen molar-refractivity contribution in [1.29, 1.82) is 0 Å². The molecule has 0 bridgehead atoms. The molecule has 0 radical (unpaired) electrons. The van der Waals surface area contributed by atoms with E-state index in [0.29, 0.717) is 30.6 Å². The highest BCUT2D eigenvalue weighted by atomic mass is 32.1. The van der Waals surface area contributed by atoms with Crippen molar-refractivity contribution in [3.05, 3.63) is 33.1 Å². The van der Waals surface area contributed by atoms with E-state index < -0.39 is 0 Å². The van der Waals surface area contributed by atoms with E-state index >= 15 is 0 Å². The van der Waals surface area contributed by atoms with Gasteiger partial charge in [0.1, 0.15) is 5.76 Å². The predicted molar refractivity (Wildman–Crippen MR) is 93.2 cm³/mol. The first-order valence-electron chi connectivity index (χ1n) is 8.77. The zero-order valence-electron chi connectivity index (χ0n) is 14.4. The number of carbonyl (C=O) groups is 2. The smallest absolute Gasteiger partial charge is 0.276 e. The third-order valence-electron chi connectivity index (χ3n) is 4.99. The first-order valence-corrected chi connectivity index (χ1v) is 9.58. The van der Waals surface area contributed by atoms with Gasteiger partial charge in [0.05, 0.1) is 15.6 Å². The molecule has 2 aromatic heterocycles. The minimum atomic E-state index is -0.0474. The van der Waals surface area contributed by atoms with Gasteiger partial charge in [-0.1, -0.05) is 5.16 Å². The normalized spacial score (nSPS) is 18.6. The van der Waals surface area contributed by atoms with Crippen LogP contribution in [0.3, 0.4) is 0 Å². The summed E-state index contributed by atoms with van der Waals surface area (Å²) in [4.78, 5) is 31.4. The van der Waals surface area contributed by atoms with Gasteiger partial charge in [0.15, 0.2) is 11.5 Å². The second kappa shape index (κ2) is 6.37. The van der Waals surface area contributed by atoms with Crippen molar-refractivity contribution < 1.29 is 14.1 Å². The summed E-state index contributed by atoms with van der Waals surface area (Å²) in [5, 5.41) is 4.97. The minimum Gasteiger partial charge on any atom is -0.360 e. The minimum absolute atomic E-state index is 0.0474. The zero-order chi connectivity index (χ0) is 17.6. The number of ketones is 1. The van der Waals surface area contributed by atoms with Crippen LogP contribution in [-0.4, -0.2) is 39.8 Å². The third-order valence-corrected chi connectivity index (χ3v) is 6.41. The highest BCUT2D eigenvalue weighted by Gasteiger charge is 2.31. The summed E-state index contributed by atoms with van der Waals surface area (Å²) in [6, 6.07) is 1.80. The van der Waals surface area contributed by atoms with E-state index in [2.05, 4.69) is 10.1 Å². The fourth-order valence-electron chi connectivity index (χ4n) is 3.36. The maximum absolute atomic E-state index is 12.6. The lowest BCUT2D eigenvalue weighted by molar-refractivity contribution is 0.0702. The van der Waals surface area contributed by atoms with Crippen molar-refractivity contribution in [3.8, 4) is 0 Å². The zero-order valence-corrected chi connectivity index (χ0v) is 15.3. The highest BCUT2D eigenvalue weighted by molar-refractivity contribution is 7.13. The molecular formula is C18H21N3O3S. The van der Waals surface area contributed by atoms with Crippen LogP contribution in [0.4, 0.5) is 0 Å². The number of carbonyl (C=O) groups excluding carboxylic acids is 2. The van der Waals surface area contributed by atoms with E-state index in [-0.39, 0.29) is 11.7 Å². The van der Waals surface area contributed by atoms with Gasteiger partial charge < -0.3 is 9.42 Å². The van der Waals surface area contributed by atoms with Crippen LogP contribution in [0.25, 0.3) is 0 Å². The molecule has 132 valence electrons. The number of amides is 1. The van der Waals surface area contributed by atoms with Gasteiger partial charge >= 0.3 is 0 Å². The van der Waals surface area contributed by atoms with Crippen LogP contribution in [0.1, 0.15) is 81.1 Å². The second-order valence-electron chi connectivity index (χ2n) is 6.98. The Balaban J connectivity index is 1.39. The monoisotopic (exact) mass is 359 g/mol. The molecule has 0 atom stereocenters. The quantitative estimate of drug-likeness (QED) is 0.781. The van der Waals surface area contributed by atoms with Crippen molar-refractivity contribution >= 4 is 23.0 Å². The number of aromatic nitrogens is 2. The SMILES string of the molecule is CC(=O)c1sc(C2CCN(C(=O)c3cc(C4CC4)on3)CC2)nc1C. The number of rotatable bonds is 4. The average Bonchev–Trinajstić information content (AvgIpc) is 3.20. The molecule has 25 heavy (non-hydrogen) atoms. The van der Waals surface area contributed by atoms with Gasteiger partial charge in [-0.3, -0.25) is 9.59 Å². The molecule has 7 heteroatoms. The largest absolute Gasteiger partial charge is 0.360 e. The van der Waals surface area contributed by atoms with Crippen molar-refractivity contribution in [2.45, 2.75) is 51.4 Å². The van der Waals surface area contributed by atoms with Crippen LogP contribution in [-0.2, 0) is 0 Å². The topological polar surface area (TPSA) is 76.3 Å². The van der Waals surface area contributed by atoms with Crippen LogP contribution in [0.2, 0.25) is 0 Å². The summed E-state index contributed by atoms with van der Waals surface area (Å²) in [6.45, 7) is 4.84. The molecule has 1 saturated carbocycles. The molecule has 2 aliphatic rings. The first-order chi connectivity index (χ1) is 12.0. The standard InChI is InChI=1S/C18H21N3O3S/c1-10-16(11(2)22)25-17(19-10)13-5-7-21(8-6-13)18(23)14-9-15(24-20-14)12-3-4-12/h9,12-13H,3-8H2,1-2H3. The Hall–Kier alpha value is -2.02. The maximum atomic E-state index is 12.6. The number of nitrogens with zero attached hydrogens (tertiary/aromatic N) is 3. The number of Topliss-reactive ketones (excluding diaryl/α,β-unsaturated/α-hetero) is 1. The molecule has 0 spiro atoms. The average molecular weight is 359 g/mol. The van der Waals surface area contributed by atoms with Gasteiger partial charge in [0.2, 0.25) is 0 Å². The predicted octanol–water partition coefficient (Wildman–Crippen LogP) is 3.54. The van der Waals surface area contributed by atoms with E-state index in [1.54, 1.807) is 13.0 Å². The molecule has 2 fully saturated rings. The van der Waals surface area contributed by atoms with Crippen LogP contribution >= 0.6 is 11.3 Å². The van der Waals surface area contributed by atoms with Gasteiger partial charge in [-0.25, -0.2) is 4.98 Å². The van der Waals surface area contributed by atoms with Gasteiger partial charge in [0, 0.05) is 37.9 Å². The number of piperidine rings is 1. The maximum Gasteiger partial charge on any atom is 0.276 e. The van der Waals surface area contributed by atoms with E-state index in [9.17, 15) is 9.59 Å². The molecule has 6 nitrogen and oxygen atoms in total. The van der Waals surface area contributed by atoms with Crippen molar-refractivity contribution in [3.63, 3.8) is 0 Å². The molecule has 1 aliphatic carbocycles. The van der Waals surface area contributed by atoms with Gasteiger partial charge in [-0.2, -0.15) is 0 Å². The summed E-state index contributed by atoms with van der Waals surface area (Å²) >= 11 is 1.50. The summed E-state index contributed by atoms with van der Waals surface area (Å²) < 4.78 is 5.29. The number of hydrogen-bond donors (Lipinski definition) is 0. The summed E-state index contributed by atoms with van der Waals surface area (Å²) in [5.74, 6) is 1.65. The molecule has 1 aliphatic heterocycles. The number of aryl methyl sites for hydroxylation is 1. The van der Waals surface area contributed by atoms with E-state index in [4.69, 9.17) is 4.52 Å². The Bertz CT molecular complexity index is 813. The van der Waals surface area contributed by atoms with E-state index in [1.165, 1.54) is 11.3 Å². The highest BCUT2D eigenvalue weighted by Crippen LogP contribution is 2.40. The molecule has 0 unspecified atom stereocenters. The molecule has 3 heterocycles. The number of hydrogen-bond acceptors (Lipinski definition) is 6. The molecule has 1 saturated heterocycles. The van der Waals surface area contributed by atoms with E-state index in [1.807, 2.05) is 11.8 Å². The van der Waals surface area contributed by atoms with Gasteiger partial charge in [-0.05, 0) is 32.6 Å². The number of likely N-dealkylation sites (tertiary alicyclic amines) is 1. The lowest BCUT2D eigenvalue weighted by atomic mass is 9.97. The Labute approximate surface area is 150 Å². The fraction of sp³-hybridized carbons (Fsp3) is 0.556. The Morgan fingerprint density at radius 3 is 2.52 bits per heavy atom. The van der Waals surface area contributed by atoms with Crippen molar-refractivity contribution in [1.82, 2.24) is 15.0 Å². The van der Waals surface area contributed by atoms with Crippen LogP contribution < -0.4 is 0 Å². The second-order valence-corrected chi connectivity index (χ2v) is 8.01. The first kappa shape index (κ1) is 16.4. The summed E-state index contributed by atoms with van der Waals surface area (Å²) in [7, 11) is 0. The number of thiazole rings is 1. The lowest BCUT2D eigenvalue weighted by Gasteiger charge is -2.30. The van der Waals surface area contributed by atoms with E-state index in [0.717, 1.165) is 47.0 Å². The fourth-order valence-corrected chi connectivity index (χ4v) is 4.49. The Kier molecular flexibility index (Phi) is 4.19. The molecule has 1 amide bonds. The lowest BCUT2D eigenvalue weighted by Crippen LogP contribution is -2.38.